The van der Waals surface area contributed by atoms with E-state index >= 15 is 0 Å². The van der Waals surface area contributed by atoms with Crippen LogP contribution in [0, 0.1) is 29.6 Å². The van der Waals surface area contributed by atoms with Gasteiger partial charge in [-0.2, -0.15) is 0 Å². The van der Waals surface area contributed by atoms with Gasteiger partial charge in [0, 0.05) is 11.8 Å². The minimum atomic E-state index is -0.244. The van der Waals surface area contributed by atoms with Crippen LogP contribution in [0.25, 0.3) is 0 Å². The Labute approximate surface area is 123 Å². The summed E-state index contributed by atoms with van der Waals surface area (Å²) in [6.07, 6.45) is 4.11. The van der Waals surface area contributed by atoms with Crippen molar-refractivity contribution in [3.8, 4) is 0 Å². The van der Waals surface area contributed by atoms with Crippen LogP contribution in [0.4, 0.5) is 0 Å². The zero-order chi connectivity index (χ0) is 14.1. The summed E-state index contributed by atoms with van der Waals surface area (Å²) in [5.41, 5.74) is 2.02. The third kappa shape index (κ3) is 1.49. The first-order chi connectivity index (χ1) is 10.2. The van der Waals surface area contributed by atoms with Crippen molar-refractivity contribution in [2.75, 3.05) is 0 Å². The van der Waals surface area contributed by atoms with E-state index in [2.05, 4.69) is 6.08 Å². The molecule has 4 aliphatic carbocycles. The summed E-state index contributed by atoms with van der Waals surface area (Å²) in [7, 11) is 0. The molecular weight excluding hydrogens is 264 g/mol. The molecule has 0 aromatic heterocycles. The fourth-order valence-corrected chi connectivity index (χ4v) is 5.02. The second kappa shape index (κ2) is 3.85. The second-order valence-corrected chi connectivity index (χ2v) is 6.78. The molecule has 3 saturated carbocycles. The van der Waals surface area contributed by atoms with Gasteiger partial charge in [0.15, 0.2) is 0 Å². The van der Waals surface area contributed by atoms with Gasteiger partial charge in [-0.05, 0) is 48.8 Å². The lowest BCUT2D eigenvalue weighted by Gasteiger charge is -2.19. The molecule has 0 N–H and O–H groups in total. The summed E-state index contributed by atoms with van der Waals surface area (Å²) in [5, 5.41) is 0. The Balaban J connectivity index is 1.34. The van der Waals surface area contributed by atoms with E-state index in [1.165, 1.54) is 12.0 Å². The highest BCUT2D eigenvalue weighted by molar-refractivity contribution is 6.02. The van der Waals surface area contributed by atoms with E-state index in [0.717, 1.165) is 6.42 Å². The van der Waals surface area contributed by atoms with Crippen LogP contribution in [0.2, 0.25) is 0 Å². The smallest absolute Gasteiger partial charge is 0.338 e. The average Bonchev–Trinajstić information content (AvgIpc) is 2.89. The van der Waals surface area contributed by atoms with Gasteiger partial charge in [0.2, 0.25) is 0 Å². The van der Waals surface area contributed by atoms with E-state index in [0.29, 0.717) is 40.9 Å². The number of benzene rings is 1. The van der Waals surface area contributed by atoms with Crippen molar-refractivity contribution in [3.05, 3.63) is 47.5 Å². The number of carbonyl (C=O) groups excluding carboxylic acids is 2. The molecule has 3 nitrogen and oxygen atoms in total. The lowest BCUT2D eigenvalue weighted by atomic mass is 9.86. The van der Waals surface area contributed by atoms with E-state index in [1.807, 2.05) is 18.2 Å². The molecule has 1 aromatic carbocycles. The predicted octanol–water partition coefficient (Wildman–Crippen LogP) is 2.62. The molecule has 2 bridgehead atoms. The Bertz CT molecular complexity index is 675. The molecule has 4 aliphatic rings. The van der Waals surface area contributed by atoms with Crippen LogP contribution in [-0.4, -0.2) is 17.9 Å². The largest absolute Gasteiger partial charge is 0.455 e. The fourth-order valence-electron chi connectivity index (χ4n) is 5.02. The summed E-state index contributed by atoms with van der Waals surface area (Å²) >= 11 is 0. The topological polar surface area (TPSA) is 43.4 Å². The van der Waals surface area contributed by atoms with Crippen LogP contribution in [0.3, 0.4) is 0 Å². The molecule has 0 spiro atoms. The zero-order valence-corrected chi connectivity index (χ0v) is 11.6. The molecule has 0 unspecified atom stereocenters. The number of Topliss-reactive ketones (excluding diaryl/α,β-unsaturated/α-hetero) is 1. The molecule has 6 atom stereocenters. The van der Waals surface area contributed by atoms with Crippen LogP contribution >= 0.6 is 0 Å². The van der Waals surface area contributed by atoms with Gasteiger partial charge in [-0.25, -0.2) is 4.79 Å². The van der Waals surface area contributed by atoms with Gasteiger partial charge in [0.05, 0.1) is 5.56 Å². The molecule has 0 amide bonds. The fraction of sp³-hybridized carbons (Fsp3) is 0.444. The van der Waals surface area contributed by atoms with Crippen LogP contribution in [0.15, 0.2) is 42.0 Å². The first kappa shape index (κ1) is 11.7. The van der Waals surface area contributed by atoms with Crippen LogP contribution in [0.5, 0.6) is 0 Å². The van der Waals surface area contributed by atoms with Crippen molar-refractivity contribution in [3.63, 3.8) is 0 Å². The number of carbonyl (C=O) groups is 2. The molecule has 5 rings (SSSR count). The summed E-state index contributed by atoms with van der Waals surface area (Å²) in [6, 6.07) is 9.14. The molecule has 0 aliphatic heterocycles. The molecular formula is C18H16O3. The van der Waals surface area contributed by atoms with Gasteiger partial charge >= 0.3 is 5.97 Å². The number of ketones is 1. The summed E-state index contributed by atoms with van der Waals surface area (Å²) in [6.45, 7) is 0. The quantitative estimate of drug-likeness (QED) is 0.618. The van der Waals surface area contributed by atoms with Crippen LogP contribution < -0.4 is 0 Å². The summed E-state index contributed by atoms with van der Waals surface area (Å²) in [4.78, 5) is 23.8. The number of esters is 1. The number of hydrogen-bond donors (Lipinski definition) is 0. The first-order valence-electron chi connectivity index (χ1n) is 7.75. The lowest BCUT2D eigenvalue weighted by Crippen LogP contribution is -2.18. The standard InChI is InChI=1S/C18H16O3/c19-17-15-13-8-14(16(15)17)12-7-10(6-11(12)13)21-18(20)9-4-2-1-3-5-9/h1-6,10,12-16H,7-8H2/t10-,12+,13+,14-,15+,16-/m0/s1. The Morgan fingerprint density at radius 3 is 2.67 bits per heavy atom. The summed E-state index contributed by atoms with van der Waals surface area (Å²) in [5.74, 6) is 2.42. The molecule has 0 heterocycles. The number of fused-ring (bicyclic) bond motifs is 8. The maximum atomic E-state index is 12.1. The van der Waals surface area contributed by atoms with E-state index in [4.69, 9.17) is 4.74 Å². The van der Waals surface area contributed by atoms with Gasteiger partial charge < -0.3 is 4.74 Å². The van der Waals surface area contributed by atoms with Crippen molar-refractivity contribution in [1.29, 1.82) is 0 Å². The molecule has 21 heavy (non-hydrogen) atoms. The molecule has 0 radical (unpaired) electrons. The number of hydrogen-bond acceptors (Lipinski definition) is 3. The van der Waals surface area contributed by atoms with E-state index in [-0.39, 0.29) is 12.1 Å². The number of allylic oxidation sites excluding steroid dienone is 1. The molecule has 106 valence electrons. The van der Waals surface area contributed by atoms with Gasteiger partial charge in [-0.3, -0.25) is 4.79 Å². The molecule has 0 saturated heterocycles. The van der Waals surface area contributed by atoms with Crippen molar-refractivity contribution >= 4 is 11.8 Å². The molecule has 1 aromatic rings. The maximum Gasteiger partial charge on any atom is 0.338 e. The van der Waals surface area contributed by atoms with Crippen molar-refractivity contribution in [2.24, 2.45) is 29.6 Å². The van der Waals surface area contributed by atoms with E-state index in [9.17, 15) is 9.59 Å². The minimum absolute atomic E-state index is 0.101. The monoisotopic (exact) mass is 280 g/mol. The van der Waals surface area contributed by atoms with E-state index < -0.39 is 0 Å². The predicted molar refractivity (Wildman–Crippen MR) is 75.4 cm³/mol. The highest BCUT2D eigenvalue weighted by Gasteiger charge is 2.70. The van der Waals surface area contributed by atoms with E-state index in [1.54, 1.807) is 12.1 Å². The Morgan fingerprint density at radius 1 is 1.05 bits per heavy atom. The average molecular weight is 280 g/mol. The highest BCUT2D eigenvalue weighted by Crippen LogP contribution is 2.69. The number of rotatable bonds is 2. The maximum absolute atomic E-state index is 12.1. The number of ether oxygens (including phenoxy) is 1. The summed E-state index contributed by atoms with van der Waals surface area (Å²) < 4.78 is 5.63. The van der Waals surface area contributed by atoms with Crippen LogP contribution in [0.1, 0.15) is 23.2 Å². The minimum Gasteiger partial charge on any atom is -0.455 e. The van der Waals surface area contributed by atoms with Crippen molar-refractivity contribution in [2.45, 2.75) is 18.9 Å². The Hall–Kier alpha value is -1.90. The zero-order valence-electron chi connectivity index (χ0n) is 11.6. The Kier molecular flexibility index (Phi) is 2.15. The first-order valence-corrected chi connectivity index (χ1v) is 7.75. The highest BCUT2D eigenvalue weighted by atomic mass is 16.5. The third-order valence-electron chi connectivity index (χ3n) is 5.86. The van der Waals surface area contributed by atoms with Gasteiger partial charge in [0.1, 0.15) is 11.9 Å². The second-order valence-electron chi connectivity index (χ2n) is 6.78. The molecule has 3 heteroatoms. The van der Waals surface area contributed by atoms with Gasteiger partial charge in [-0.1, -0.05) is 23.8 Å². The normalized spacial score (nSPS) is 41.5. The lowest BCUT2D eigenvalue weighted by molar-refractivity contribution is -0.113. The molecule has 3 fully saturated rings. The van der Waals surface area contributed by atoms with Crippen LogP contribution in [-0.2, 0) is 9.53 Å². The SMILES string of the molecule is O=C(O[C@H]1C=C2[C@@H](C1)[C@@H]1C[C@H]2[C@H]2C(=O)[C@@H]12)c1ccccc1. The van der Waals surface area contributed by atoms with Gasteiger partial charge in [0.25, 0.3) is 0 Å². The van der Waals surface area contributed by atoms with Crippen molar-refractivity contribution in [1.82, 2.24) is 0 Å². The Morgan fingerprint density at radius 2 is 1.86 bits per heavy atom. The van der Waals surface area contributed by atoms with Crippen molar-refractivity contribution < 1.29 is 14.3 Å². The third-order valence-corrected chi connectivity index (χ3v) is 5.86. The van der Waals surface area contributed by atoms with Gasteiger partial charge in [-0.15, -0.1) is 0 Å².